The molecule has 1 unspecified atom stereocenters. The summed E-state index contributed by atoms with van der Waals surface area (Å²) in [5.74, 6) is 0.721. The third-order valence-corrected chi connectivity index (χ3v) is 3.57. The van der Waals surface area contributed by atoms with E-state index in [1.54, 1.807) is 18.5 Å². The van der Waals surface area contributed by atoms with Crippen molar-refractivity contribution in [3.8, 4) is 5.75 Å². The number of ether oxygens (including phenoxy) is 1. The largest absolute Gasteiger partial charge is 0.492 e. The van der Waals surface area contributed by atoms with Crippen molar-refractivity contribution < 1.29 is 4.74 Å². The fourth-order valence-corrected chi connectivity index (χ4v) is 2.79. The van der Waals surface area contributed by atoms with Crippen molar-refractivity contribution in [2.75, 3.05) is 11.9 Å². The van der Waals surface area contributed by atoms with Crippen LogP contribution in [0.3, 0.4) is 0 Å². The lowest BCUT2D eigenvalue weighted by atomic mass is 10.0. The Labute approximate surface area is 121 Å². The summed E-state index contributed by atoms with van der Waals surface area (Å²) in [5, 5.41) is 4.61. The van der Waals surface area contributed by atoms with Gasteiger partial charge in [0.05, 0.1) is 23.4 Å². The second kappa shape index (κ2) is 5.27. The first kappa shape index (κ1) is 12.6. The molecule has 0 saturated carbocycles. The average molecular weight is 295 g/mol. The molecule has 0 spiro atoms. The molecule has 1 aliphatic heterocycles. The van der Waals surface area contributed by atoms with Crippen LogP contribution in [0.15, 0.2) is 36.7 Å². The van der Waals surface area contributed by atoms with Gasteiger partial charge in [-0.1, -0.05) is 23.2 Å². The van der Waals surface area contributed by atoms with E-state index in [-0.39, 0.29) is 6.04 Å². The fourth-order valence-electron chi connectivity index (χ4n) is 2.22. The molecule has 1 atom stereocenters. The molecule has 0 radical (unpaired) electrons. The van der Waals surface area contributed by atoms with Crippen molar-refractivity contribution in [3.05, 3.63) is 52.3 Å². The zero-order chi connectivity index (χ0) is 13.2. The Hall–Kier alpha value is -1.45. The highest BCUT2D eigenvalue weighted by atomic mass is 35.5. The van der Waals surface area contributed by atoms with Gasteiger partial charge in [0, 0.05) is 29.4 Å². The van der Waals surface area contributed by atoms with Gasteiger partial charge >= 0.3 is 0 Å². The molecular weight excluding hydrogens is 283 g/mol. The van der Waals surface area contributed by atoms with Gasteiger partial charge in [-0.2, -0.15) is 0 Å². The lowest BCUT2D eigenvalue weighted by Gasteiger charge is -2.28. The van der Waals surface area contributed by atoms with Crippen LogP contribution >= 0.6 is 23.2 Å². The molecule has 2 heterocycles. The van der Waals surface area contributed by atoms with Crippen molar-refractivity contribution in [3.63, 3.8) is 0 Å². The van der Waals surface area contributed by atoms with Gasteiger partial charge in [0.25, 0.3) is 0 Å². The molecule has 5 heteroatoms. The maximum atomic E-state index is 6.17. The Bertz CT molecular complexity index is 589. The first-order chi connectivity index (χ1) is 9.24. The molecule has 0 fully saturated rings. The maximum Gasteiger partial charge on any atom is 0.143 e. The Morgan fingerprint density at radius 2 is 2.21 bits per heavy atom. The van der Waals surface area contributed by atoms with Crippen LogP contribution in [0, 0.1) is 0 Å². The molecule has 2 aromatic rings. The molecule has 3 nitrogen and oxygen atoms in total. The van der Waals surface area contributed by atoms with Crippen LogP contribution in [-0.4, -0.2) is 11.6 Å². The number of hydrogen-bond donors (Lipinski definition) is 1. The van der Waals surface area contributed by atoms with E-state index < -0.39 is 0 Å². The molecule has 1 aromatic heterocycles. The topological polar surface area (TPSA) is 34.2 Å². The number of pyridine rings is 1. The molecular formula is C14H12Cl2N2O. The zero-order valence-corrected chi connectivity index (χ0v) is 11.6. The SMILES string of the molecule is Clc1cc(Cl)c2c(c1)C(Nc1cccnc1)CCO2. The fraction of sp³-hybridized carbons (Fsp3) is 0.214. The Morgan fingerprint density at radius 3 is 3.00 bits per heavy atom. The quantitative estimate of drug-likeness (QED) is 0.895. The number of rotatable bonds is 2. The predicted octanol–water partition coefficient (Wildman–Crippen LogP) is 4.32. The highest BCUT2D eigenvalue weighted by molar-refractivity contribution is 6.35. The summed E-state index contributed by atoms with van der Waals surface area (Å²) in [6.07, 6.45) is 4.40. The summed E-state index contributed by atoms with van der Waals surface area (Å²) in [6, 6.07) is 7.61. The van der Waals surface area contributed by atoms with Crippen molar-refractivity contribution in [1.82, 2.24) is 4.98 Å². The van der Waals surface area contributed by atoms with Gasteiger partial charge in [-0.05, 0) is 24.3 Å². The van der Waals surface area contributed by atoms with E-state index in [4.69, 9.17) is 27.9 Å². The summed E-state index contributed by atoms with van der Waals surface area (Å²) in [7, 11) is 0. The summed E-state index contributed by atoms with van der Waals surface area (Å²) in [5.41, 5.74) is 1.96. The molecule has 0 aliphatic carbocycles. The number of hydrogen-bond acceptors (Lipinski definition) is 3. The third kappa shape index (κ3) is 2.62. The molecule has 1 aliphatic rings. The van der Waals surface area contributed by atoms with Crippen LogP contribution in [-0.2, 0) is 0 Å². The standard InChI is InChI=1S/C14H12Cl2N2O/c15-9-6-11-13(18-10-2-1-4-17-8-10)3-5-19-14(11)12(16)7-9/h1-2,4,6-8,13,18H,3,5H2. The van der Waals surface area contributed by atoms with Crippen molar-refractivity contribution in [2.45, 2.75) is 12.5 Å². The monoisotopic (exact) mass is 294 g/mol. The Balaban J connectivity index is 1.94. The second-order valence-corrected chi connectivity index (χ2v) is 5.23. The highest BCUT2D eigenvalue weighted by Crippen LogP contribution is 2.41. The van der Waals surface area contributed by atoms with Crippen LogP contribution < -0.4 is 10.1 Å². The van der Waals surface area contributed by atoms with E-state index in [0.717, 1.165) is 23.4 Å². The minimum atomic E-state index is 0.129. The first-order valence-corrected chi connectivity index (χ1v) is 6.78. The van der Waals surface area contributed by atoms with E-state index >= 15 is 0 Å². The van der Waals surface area contributed by atoms with E-state index in [9.17, 15) is 0 Å². The number of halogens is 2. The van der Waals surface area contributed by atoms with Crippen LogP contribution in [0.25, 0.3) is 0 Å². The van der Waals surface area contributed by atoms with E-state index in [1.165, 1.54) is 0 Å². The average Bonchev–Trinajstić information content (AvgIpc) is 2.41. The number of anilines is 1. The van der Waals surface area contributed by atoms with Crippen LogP contribution in [0.5, 0.6) is 5.75 Å². The number of nitrogens with one attached hydrogen (secondary N) is 1. The summed E-state index contributed by atoms with van der Waals surface area (Å²) < 4.78 is 5.63. The van der Waals surface area contributed by atoms with Gasteiger partial charge in [0.15, 0.2) is 0 Å². The van der Waals surface area contributed by atoms with Gasteiger partial charge in [0.1, 0.15) is 5.75 Å². The minimum Gasteiger partial charge on any atom is -0.492 e. The van der Waals surface area contributed by atoms with Crippen LogP contribution in [0.4, 0.5) is 5.69 Å². The van der Waals surface area contributed by atoms with Crippen molar-refractivity contribution >= 4 is 28.9 Å². The lowest BCUT2D eigenvalue weighted by Crippen LogP contribution is -2.20. The molecule has 98 valence electrons. The Morgan fingerprint density at radius 1 is 1.32 bits per heavy atom. The van der Waals surface area contributed by atoms with Gasteiger partial charge in [-0.25, -0.2) is 0 Å². The van der Waals surface area contributed by atoms with E-state index in [2.05, 4.69) is 10.3 Å². The van der Waals surface area contributed by atoms with Gasteiger partial charge in [-0.15, -0.1) is 0 Å². The smallest absolute Gasteiger partial charge is 0.143 e. The molecule has 3 rings (SSSR count). The Kier molecular flexibility index (Phi) is 3.49. The van der Waals surface area contributed by atoms with Crippen molar-refractivity contribution in [2.24, 2.45) is 0 Å². The minimum absolute atomic E-state index is 0.129. The lowest BCUT2D eigenvalue weighted by molar-refractivity contribution is 0.274. The molecule has 1 N–H and O–H groups in total. The van der Waals surface area contributed by atoms with E-state index in [1.807, 2.05) is 18.2 Å². The molecule has 0 bridgehead atoms. The molecule has 0 saturated heterocycles. The third-order valence-electron chi connectivity index (χ3n) is 3.07. The zero-order valence-electron chi connectivity index (χ0n) is 10.1. The van der Waals surface area contributed by atoms with Crippen molar-refractivity contribution in [1.29, 1.82) is 0 Å². The predicted molar refractivity (Wildman–Crippen MR) is 77.2 cm³/mol. The highest BCUT2D eigenvalue weighted by Gasteiger charge is 2.24. The number of fused-ring (bicyclic) bond motifs is 1. The second-order valence-electron chi connectivity index (χ2n) is 4.38. The van der Waals surface area contributed by atoms with Gasteiger partial charge in [0.2, 0.25) is 0 Å². The molecule has 1 aromatic carbocycles. The van der Waals surface area contributed by atoms with Gasteiger partial charge < -0.3 is 10.1 Å². The van der Waals surface area contributed by atoms with Crippen LogP contribution in [0.2, 0.25) is 10.0 Å². The maximum absolute atomic E-state index is 6.17. The first-order valence-electron chi connectivity index (χ1n) is 6.02. The number of aromatic nitrogens is 1. The molecule has 0 amide bonds. The van der Waals surface area contributed by atoms with Gasteiger partial charge in [-0.3, -0.25) is 4.98 Å². The van der Waals surface area contributed by atoms with E-state index in [0.29, 0.717) is 16.7 Å². The summed E-state index contributed by atoms with van der Waals surface area (Å²) in [4.78, 5) is 4.10. The summed E-state index contributed by atoms with van der Waals surface area (Å²) in [6.45, 7) is 0.631. The summed E-state index contributed by atoms with van der Waals surface area (Å²) >= 11 is 12.2. The van der Waals surface area contributed by atoms with Crippen LogP contribution in [0.1, 0.15) is 18.0 Å². The molecule has 19 heavy (non-hydrogen) atoms. The number of benzene rings is 1. The number of nitrogens with zero attached hydrogens (tertiary/aromatic N) is 1. The normalized spacial score (nSPS) is 17.5.